The molecule has 0 spiro atoms. The van der Waals surface area contributed by atoms with Gasteiger partial charge in [-0.2, -0.15) is 0 Å². The van der Waals surface area contributed by atoms with Crippen LogP contribution in [0, 0.1) is 27.7 Å². The Morgan fingerprint density at radius 1 is 0.447 bits per heavy atom. The Hall–Kier alpha value is -2.06. The molecule has 6 heteroatoms. The van der Waals surface area contributed by atoms with E-state index in [4.69, 9.17) is 0 Å². The zero-order valence-corrected chi connectivity index (χ0v) is 26.2. The van der Waals surface area contributed by atoms with Gasteiger partial charge < -0.3 is 0 Å². The van der Waals surface area contributed by atoms with E-state index in [1.54, 1.807) is 22.3 Å². The zero-order chi connectivity index (χ0) is 25.4. The summed E-state index contributed by atoms with van der Waals surface area (Å²) >= 11 is 11.8. The summed E-state index contributed by atoms with van der Waals surface area (Å²) in [6.45, 7) is 9.20. The van der Waals surface area contributed by atoms with Crippen LogP contribution in [0.4, 0.5) is 0 Å². The van der Waals surface area contributed by atoms with E-state index < -0.39 is 0 Å². The Morgan fingerprint density at radius 2 is 0.842 bits per heavy atom. The average Bonchev–Trinajstić information content (AvgIpc) is 3.66. The number of benzene rings is 1. The summed E-state index contributed by atoms with van der Waals surface area (Å²) in [4.78, 5) is 11.6. The second-order valence-corrected chi connectivity index (χ2v) is 17.5. The lowest BCUT2D eigenvalue weighted by atomic mass is 9.90. The van der Waals surface area contributed by atoms with E-state index in [0.717, 1.165) is 12.8 Å². The summed E-state index contributed by atoms with van der Waals surface area (Å²) < 4.78 is 5.74. The van der Waals surface area contributed by atoms with Crippen LogP contribution in [0.15, 0.2) is 36.4 Å². The molecule has 9 rings (SSSR count). The predicted octanol–water partition coefficient (Wildman–Crippen LogP) is 12.1. The lowest BCUT2D eigenvalue weighted by molar-refractivity contribution is 1.17. The van der Waals surface area contributed by atoms with Crippen molar-refractivity contribution < 1.29 is 0 Å². The van der Waals surface area contributed by atoms with E-state index in [0.29, 0.717) is 0 Å². The summed E-state index contributed by atoms with van der Waals surface area (Å²) in [6, 6.07) is 14.5. The topological polar surface area (TPSA) is 0 Å². The molecule has 6 heterocycles. The van der Waals surface area contributed by atoms with Gasteiger partial charge in [-0.15, -0.1) is 68.0 Å². The first-order chi connectivity index (χ1) is 18.4. The van der Waals surface area contributed by atoms with Crippen LogP contribution in [0.2, 0.25) is 0 Å². The van der Waals surface area contributed by atoms with E-state index in [2.05, 4.69) is 64.1 Å². The molecule has 0 amide bonds. The quantitative estimate of drug-likeness (QED) is 0.186. The highest BCUT2D eigenvalue weighted by molar-refractivity contribution is 7.32. The van der Waals surface area contributed by atoms with Crippen LogP contribution in [-0.2, 0) is 12.8 Å². The van der Waals surface area contributed by atoms with E-state index in [-0.39, 0.29) is 0 Å². The number of fused-ring (bicyclic) bond motifs is 8. The number of thiophene rings is 6. The molecule has 2 aliphatic rings. The van der Waals surface area contributed by atoms with Gasteiger partial charge in [-0.1, -0.05) is 0 Å². The van der Waals surface area contributed by atoms with Gasteiger partial charge in [0.25, 0.3) is 0 Å². The van der Waals surface area contributed by atoms with Crippen LogP contribution < -0.4 is 0 Å². The van der Waals surface area contributed by atoms with Gasteiger partial charge in [0.15, 0.2) is 0 Å². The van der Waals surface area contributed by atoms with Crippen molar-refractivity contribution in [1.29, 1.82) is 0 Å². The van der Waals surface area contributed by atoms with Crippen molar-refractivity contribution in [3.8, 4) is 40.4 Å². The van der Waals surface area contributed by atoms with Crippen molar-refractivity contribution in [3.05, 3.63) is 79.5 Å². The SMILES string of the molecule is Cc1cc2sc(-c3cc4c(s3)-c3c(C)c5c(c(C)c3C4)-c3sc(-c4cc6sc(C)cc6s4)cc3C5)cc2s1. The molecule has 0 N–H and O–H groups in total. The van der Waals surface area contributed by atoms with Crippen LogP contribution >= 0.6 is 68.0 Å². The van der Waals surface area contributed by atoms with Crippen molar-refractivity contribution in [1.82, 2.24) is 0 Å². The van der Waals surface area contributed by atoms with Crippen molar-refractivity contribution in [2.45, 2.75) is 40.5 Å². The predicted molar refractivity (Wildman–Crippen MR) is 175 cm³/mol. The van der Waals surface area contributed by atoms with Crippen LogP contribution in [0.3, 0.4) is 0 Å². The summed E-state index contributed by atoms with van der Waals surface area (Å²) in [6.07, 6.45) is 2.15. The highest BCUT2D eigenvalue weighted by Gasteiger charge is 2.34. The molecule has 0 aliphatic heterocycles. The Balaban J connectivity index is 1.13. The second kappa shape index (κ2) is 7.78. The van der Waals surface area contributed by atoms with Crippen LogP contribution in [0.25, 0.3) is 59.2 Å². The maximum Gasteiger partial charge on any atom is 0.0463 e. The fourth-order valence-electron chi connectivity index (χ4n) is 6.51. The molecule has 0 fully saturated rings. The molecule has 2 aliphatic carbocycles. The lowest BCUT2D eigenvalue weighted by Crippen LogP contribution is -1.97. The van der Waals surface area contributed by atoms with Gasteiger partial charge in [0, 0.05) is 57.8 Å². The largest absolute Gasteiger partial charge is 0.140 e. The van der Waals surface area contributed by atoms with Crippen LogP contribution in [0.5, 0.6) is 0 Å². The molecule has 0 bridgehead atoms. The first-order valence-electron chi connectivity index (χ1n) is 12.8. The van der Waals surface area contributed by atoms with Crippen molar-refractivity contribution in [3.63, 3.8) is 0 Å². The van der Waals surface area contributed by atoms with E-state index >= 15 is 0 Å². The Labute approximate surface area is 245 Å². The smallest absolute Gasteiger partial charge is 0.0463 e. The lowest BCUT2D eigenvalue weighted by Gasteiger charge is -2.16. The molecule has 0 unspecified atom stereocenters. The first-order valence-corrected chi connectivity index (χ1v) is 17.7. The third kappa shape index (κ3) is 3.05. The molecule has 0 saturated heterocycles. The molecule has 38 heavy (non-hydrogen) atoms. The fourth-order valence-corrected chi connectivity index (χ4v) is 13.9. The van der Waals surface area contributed by atoms with Crippen molar-refractivity contribution in [2.75, 3.05) is 0 Å². The Bertz CT molecular complexity index is 1910. The summed E-state index contributed by atoms with van der Waals surface area (Å²) in [7, 11) is 0. The Kier molecular flexibility index (Phi) is 4.65. The van der Waals surface area contributed by atoms with Gasteiger partial charge in [-0.25, -0.2) is 0 Å². The molecule has 7 aromatic rings. The summed E-state index contributed by atoms with van der Waals surface area (Å²) in [5.74, 6) is 0. The minimum Gasteiger partial charge on any atom is -0.140 e. The van der Waals surface area contributed by atoms with Gasteiger partial charge in [0.2, 0.25) is 0 Å². The average molecular weight is 599 g/mol. The molecule has 0 saturated carbocycles. The molecule has 0 nitrogen and oxygen atoms in total. The molecule has 0 atom stereocenters. The third-order valence-corrected chi connectivity index (χ3v) is 15.4. The maximum atomic E-state index is 2.49. The van der Waals surface area contributed by atoms with Gasteiger partial charge in [-0.3, -0.25) is 0 Å². The highest BCUT2D eigenvalue weighted by atomic mass is 32.1. The molecular weight excluding hydrogens is 577 g/mol. The number of rotatable bonds is 2. The van der Waals surface area contributed by atoms with E-state index in [1.165, 1.54) is 80.1 Å². The third-order valence-electron chi connectivity index (χ3n) is 8.21. The number of hydrogen-bond acceptors (Lipinski definition) is 6. The second-order valence-electron chi connectivity index (χ2n) is 10.6. The molecule has 0 radical (unpaired) electrons. The zero-order valence-electron chi connectivity index (χ0n) is 21.3. The normalized spacial score (nSPS) is 13.6. The number of aryl methyl sites for hydroxylation is 2. The van der Waals surface area contributed by atoms with Crippen LogP contribution in [0.1, 0.15) is 43.1 Å². The minimum atomic E-state index is 1.08. The standard InChI is InChI=1S/C32H22S6/c1-13-5-21-25(33-13)11-27(35-21)23-9-17-7-19-16(4)30-20(15(3)29(19)31(17)37-23)8-18-10-24(38-32(18)30)28-12-26-22(36-28)6-14(2)34-26/h5-6,9-12H,7-8H2,1-4H3. The Morgan fingerprint density at radius 3 is 1.26 bits per heavy atom. The monoisotopic (exact) mass is 598 g/mol. The molecule has 1 aromatic carbocycles. The maximum absolute atomic E-state index is 2.49. The van der Waals surface area contributed by atoms with Gasteiger partial charge in [-0.05, 0) is 121 Å². The van der Waals surface area contributed by atoms with Gasteiger partial charge in [0.1, 0.15) is 0 Å². The molecular formula is C32H22S6. The highest BCUT2D eigenvalue weighted by Crippen LogP contribution is 2.56. The van der Waals surface area contributed by atoms with Crippen molar-refractivity contribution in [2.24, 2.45) is 0 Å². The molecule has 6 aromatic heterocycles. The van der Waals surface area contributed by atoms with E-state index in [9.17, 15) is 0 Å². The fraction of sp³-hybridized carbons (Fsp3) is 0.188. The first kappa shape index (κ1) is 22.7. The summed E-state index contributed by atoms with van der Waals surface area (Å²) in [5.41, 5.74) is 12.4. The minimum absolute atomic E-state index is 1.08. The summed E-state index contributed by atoms with van der Waals surface area (Å²) in [5, 5.41) is 0. The molecule has 186 valence electrons. The van der Waals surface area contributed by atoms with E-state index in [1.807, 2.05) is 68.0 Å². The van der Waals surface area contributed by atoms with Crippen molar-refractivity contribution >= 4 is 86.8 Å². The number of hydrogen-bond donors (Lipinski definition) is 0. The van der Waals surface area contributed by atoms with Crippen LogP contribution in [-0.4, -0.2) is 0 Å². The van der Waals surface area contributed by atoms with Gasteiger partial charge >= 0.3 is 0 Å². The van der Waals surface area contributed by atoms with Gasteiger partial charge in [0.05, 0.1) is 0 Å².